The first-order valence-electron chi connectivity index (χ1n) is 4.33. The highest BCUT2D eigenvalue weighted by molar-refractivity contribution is 6.16. The molecule has 1 unspecified atom stereocenters. The molecule has 1 aliphatic heterocycles. The summed E-state index contributed by atoms with van der Waals surface area (Å²) in [5, 5.41) is 0. The minimum absolute atomic E-state index is 0.0984. The van der Waals surface area contributed by atoms with Crippen LogP contribution in [0.5, 0.6) is 0 Å². The van der Waals surface area contributed by atoms with E-state index in [-0.39, 0.29) is 17.9 Å². The SMILES string of the molecule is CC1=CC(=O)N(C(C)CCN)C1=O. The second-order valence-corrected chi connectivity index (χ2v) is 3.27. The van der Waals surface area contributed by atoms with Crippen LogP contribution in [0, 0.1) is 0 Å². The number of carbonyl (C=O) groups is 2. The van der Waals surface area contributed by atoms with Crippen LogP contribution in [0.3, 0.4) is 0 Å². The lowest BCUT2D eigenvalue weighted by Gasteiger charge is -2.21. The quantitative estimate of drug-likeness (QED) is 0.627. The summed E-state index contributed by atoms with van der Waals surface area (Å²) in [5.41, 5.74) is 5.86. The summed E-state index contributed by atoms with van der Waals surface area (Å²) in [6, 6.07) is -0.0984. The number of hydrogen-bond acceptors (Lipinski definition) is 3. The molecule has 2 N–H and O–H groups in total. The van der Waals surface area contributed by atoms with Crippen molar-refractivity contribution in [2.75, 3.05) is 6.54 Å². The summed E-state index contributed by atoms with van der Waals surface area (Å²) in [5.74, 6) is -0.408. The Kier molecular flexibility index (Phi) is 2.83. The third kappa shape index (κ3) is 1.78. The largest absolute Gasteiger partial charge is 0.330 e. The zero-order valence-electron chi connectivity index (χ0n) is 7.91. The molecule has 0 aromatic heterocycles. The lowest BCUT2D eigenvalue weighted by Crippen LogP contribution is -2.39. The van der Waals surface area contributed by atoms with E-state index < -0.39 is 0 Å². The molecule has 0 aromatic rings. The zero-order chi connectivity index (χ0) is 10.0. The van der Waals surface area contributed by atoms with Gasteiger partial charge in [0, 0.05) is 17.7 Å². The molecule has 1 heterocycles. The number of nitrogens with two attached hydrogens (primary N) is 1. The highest BCUT2D eigenvalue weighted by Gasteiger charge is 2.31. The first-order valence-corrected chi connectivity index (χ1v) is 4.33. The number of amides is 2. The van der Waals surface area contributed by atoms with Gasteiger partial charge in [0.05, 0.1) is 0 Å². The topological polar surface area (TPSA) is 63.4 Å². The number of rotatable bonds is 3. The molecule has 2 amide bonds. The van der Waals surface area contributed by atoms with Crippen LogP contribution >= 0.6 is 0 Å². The fraction of sp³-hybridized carbons (Fsp3) is 0.556. The fourth-order valence-electron chi connectivity index (χ4n) is 1.39. The molecule has 13 heavy (non-hydrogen) atoms. The summed E-state index contributed by atoms with van der Waals surface area (Å²) in [6.45, 7) is 3.96. The Balaban J connectivity index is 2.73. The lowest BCUT2D eigenvalue weighted by molar-refractivity contribution is -0.139. The van der Waals surface area contributed by atoms with E-state index in [1.807, 2.05) is 6.92 Å². The molecule has 72 valence electrons. The Bertz CT molecular complexity index is 271. The van der Waals surface area contributed by atoms with Gasteiger partial charge in [0.15, 0.2) is 0 Å². The minimum atomic E-state index is -0.219. The van der Waals surface area contributed by atoms with E-state index in [4.69, 9.17) is 5.73 Å². The van der Waals surface area contributed by atoms with Crippen molar-refractivity contribution in [3.8, 4) is 0 Å². The minimum Gasteiger partial charge on any atom is -0.330 e. The zero-order valence-corrected chi connectivity index (χ0v) is 7.91. The average Bonchev–Trinajstić information content (AvgIpc) is 2.27. The number of imide groups is 1. The number of carbonyl (C=O) groups excluding carboxylic acids is 2. The predicted molar refractivity (Wildman–Crippen MR) is 48.7 cm³/mol. The van der Waals surface area contributed by atoms with Gasteiger partial charge in [0.25, 0.3) is 11.8 Å². The third-order valence-electron chi connectivity index (χ3n) is 2.16. The van der Waals surface area contributed by atoms with Crippen LogP contribution in [-0.4, -0.2) is 29.3 Å². The Morgan fingerprint density at radius 3 is 2.54 bits per heavy atom. The molecule has 1 atom stereocenters. The van der Waals surface area contributed by atoms with E-state index >= 15 is 0 Å². The smallest absolute Gasteiger partial charge is 0.256 e. The Morgan fingerprint density at radius 2 is 2.15 bits per heavy atom. The molecule has 0 bridgehead atoms. The Hall–Kier alpha value is -1.16. The van der Waals surface area contributed by atoms with E-state index in [1.54, 1.807) is 6.92 Å². The monoisotopic (exact) mass is 182 g/mol. The van der Waals surface area contributed by atoms with Crippen molar-refractivity contribution < 1.29 is 9.59 Å². The fourth-order valence-corrected chi connectivity index (χ4v) is 1.39. The van der Waals surface area contributed by atoms with Gasteiger partial charge in [-0.1, -0.05) is 0 Å². The second-order valence-electron chi connectivity index (χ2n) is 3.27. The van der Waals surface area contributed by atoms with Crippen molar-refractivity contribution in [2.24, 2.45) is 5.73 Å². The molecular formula is C9H14N2O2. The van der Waals surface area contributed by atoms with E-state index in [9.17, 15) is 9.59 Å². The number of hydrogen-bond donors (Lipinski definition) is 1. The van der Waals surface area contributed by atoms with Crippen LogP contribution in [-0.2, 0) is 9.59 Å². The van der Waals surface area contributed by atoms with Crippen molar-refractivity contribution >= 4 is 11.8 Å². The van der Waals surface area contributed by atoms with Crippen molar-refractivity contribution in [3.63, 3.8) is 0 Å². The van der Waals surface area contributed by atoms with Crippen LogP contribution in [0.1, 0.15) is 20.3 Å². The van der Waals surface area contributed by atoms with Crippen molar-refractivity contribution in [3.05, 3.63) is 11.6 Å². The molecule has 0 fully saturated rings. The highest BCUT2D eigenvalue weighted by Crippen LogP contribution is 2.16. The van der Waals surface area contributed by atoms with Crippen molar-refractivity contribution in [1.29, 1.82) is 0 Å². The van der Waals surface area contributed by atoms with Gasteiger partial charge in [-0.15, -0.1) is 0 Å². The molecule has 0 radical (unpaired) electrons. The number of nitrogens with zero attached hydrogens (tertiary/aromatic N) is 1. The molecule has 1 aliphatic rings. The third-order valence-corrected chi connectivity index (χ3v) is 2.16. The van der Waals surface area contributed by atoms with E-state index in [2.05, 4.69) is 0 Å². The van der Waals surface area contributed by atoms with Crippen molar-refractivity contribution in [2.45, 2.75) is 26.3 Å². The van der Waals surface area contributed by atoms with Gasteiger partial charge in [-0.05, 0) is 26.8 Å². The van der Waals surface area contributed by atoms with Gasteiger partial charge in [-0.25, -0.2) is 0 Å². The van der Waals surface area contributed by atoms with Crippen molar-refractivity contribution in [1.82, 2.24) is 4.90 Å². The van der Waals surface area contributed by atoms with Crippen LogP contribution in [0.2, 0.25) is 0 Å². The highest BCUT2D eigenvalue weighted by atomic mass is 16.2. The molecular weight excluding hydrogens is 168 g/mol. The molecule has 0 saturated carbocycles. The van der Waals surface area contributed by atoms with Crippen LogP contribution in [0.4, 0.5) is 0 Å². The normalized spacial score (nSPS) is 19.3. The molecule has 4 nitrogen and oxygen atoms in total. The standard InChI is InChI=1S/C9H14N2O2/c1-6-5-8(12)11(9(6)13)7(2)3-4-10/h5,7H,3-4,10H2,1-2H3. The van der Waals surface area contributed by atoms with E-state index in [0.717, 1.165) is 0 Å². The molecule has 4 heteroatoms. The Labute approximate surface area is 77.4 Å². The summed E-state index contributed by atoms with van der Waals surface area (Å²) in [6.07, 6.45) is 2.02. The summed E-state index contributed by atoms with van der Waals surface area (Å²) < 4.78 is 0. The molecule has 0 saturated heterocycles. The Morgan fingerprint density at radius 1 is 1.54 bits per heavy atom. The first kappa shape index (κ1) is 9.92. The molecule has 0 aromatic carbocycles. The van der Waals surface area contributed by atoms with Crippen LogP contribution < -0.4 is 5.73 Å². The van der Waals surface area contributed by atoms with Crippen LogP contribution in [0.15, 0.2) is 11.6 Å². The van der Waals surface area contributed by atoms with Gasteiger partial charge in [0.1, 0.15) is 0 Å². The van der Waals surface area contributed by atoms with E-state index in [0.29, 0.717) is 18.5 Å². The molecule has 0 spiro atoms. The molecule has 1 rings (SSSR count). The maximum atomic E-state index is 11.4. The van der Waals surface area contributed by atoms with Gasteiger partial charge >= 0.3 is 0 Å². The van der Waals surface area contributed by atoms with Gasteiger partial charge in [-0.3, -0.25) is 14.5 Å². The molecule has 0 aliphatic carbocycles. The van der Waals surface area contributed by atoms with Gasteiger partial charge in [-0.2, -0.15) is 0 Å². The van der Waals surface area contributed by atoms with Gasteiger partial charge in [0.2, 0.25) is 0 Å². The maximum absolute atomic E-state index is 11.4. The van der Waals surface area contributed by atoms with Crippen LogP contribution in [0.25, 0.3) is 0 Å². The summed E-state index contributed by atoms with van der Waals surface area (Å²) in [4.78, 5) is 24.0. The summed E-state index contributed by atoms with van der Waals surface area (Å²) >= 11 is 0. The predicted octanol–water partition coefficient (Wildman–Crippen LogP) is 0.0388. The second kappa shape index (κ2) is 3.70. The lowest BCUT2D eigenvalue weighted by atomic mass is 10.2. The van der Waals surface area contributed by atoms with Gasteiger partial charge < -0.3 is 5.73 Å². The first-order chi connectivity index (χ1) is 6.07. The average molecular weight is 182 g/mol. The maximum Gasteiger partial charge on any atom is 0.256 e. The summed E-state index contributed by atoms with van der Waals surface area (Å²) in [7, 11) is 0. The van der Waals surface area contributed by atoms with E-state index in [1.165, 1.54) is 11.0 Å².